The molecule has 1 atom stereocenters. The summed E-state index contributed by atoms with van der Waals surface area (Å²) >= 11 is 1.75. The van der Waals surface area contributed by atoms with Crippen molar-refractivity contribution in [3.63, 3.8) is 0 Å². The van der Waals surface area contributed by atoms with Crippen molar-refractivity contribution in [3.8, 4) is 0 Å². The summed E-state index contributed by atoms with van der Waals surface area (Å²) in [7, 11) is 0. The molecule has 1 heterocycles. The molecule has 0 fully saturated rings. The minimum Gasteiger partial charge on any atom is -0.477 e. The van der Waals surface area contributed by atoms with Crippen LogP contribution in [0.5, 0.6) is 0 Å². The molecule has 0 aliphatic heterocycles. The molecule has 1 unspecified atom stereocenters. The molecular formula is C12H17NO3S. The van der Waals surface area contributed by atoms with Crippen LogP contribution in [0.2, 0.25) is 0 Å². The molecule has 1 aromatic heterocycles. The summed E-state index contributed by atoms with van der Waals surface area (Å²) in [5.74, 6) is 0.726. The largest absolute Gasteiger partial charge is 0.477 e. The third-order valence-corrected chi connectivity index (χ3v) is 3.64. The maximum Gasteiger partial charge on any atom is 0.352 e. The Balaban J connectivity index is 3.03. The monoisotopic (exact) mass is 255 g/mol. The molecule has 0 aliphatic rings. The van der Waals surface area contributed by atoms with Gasteiger partial charge in [-0.2, -0.15) is 11.8 Å². The summed E-state index contributed by atoms with van der Waals surface area (Å²) in [6.45, 7) is 5.46. The van der Waals surface area contributed by atoms with Crippen molar-refractivity contribution in [1.82, 2.24) is 4.57 Å². The molecule has 0 saturated carbocycles. The van der Waals surface area contributed by atoms with Crippen LogP contribution in [0.3, 0.4) is 0 Å². The normalized spacial score (nSPS) is 12.4. The zero-order valence-corrected chi connectivity index (χ0v) is 11.1. The summed E-state index contributed by atoms with van der Waals surface area (Å²) < 4.78 is 1.67. The van der Waals surface area contributed by atoms with Crippen LogP contribution in [0.15, 0.2) is 12.3 Å². The van der Waals surface area contributed by atoms with Gasteiger partial charge in [0.2, 0.25) is 0 Å². The van der Waals surface area contributed by atoms with E-state index < -0.39 is 5.97 Å². The smallest absolute Gasteiger partial charge is 0.352 e. The van der Waals surface area contributed by atoms with E-state index in [1.54, 1.807) is 22.5 Å². The van der Waals surface area contributed by atoms with E-state index in [2.05, 4.69) is 6.92 Å². The van der Waals surface area contributed by atoms with E-state index in [0.29, 0.717) is 5.56 Å². The Kier molecular flexibility index (Phi) is 4.81. The molecule has 5 heteroatoms. The van der Waals surface area contributed by atoms with Gasteiger partial charge in [-0.25, -0.2) is 4.79 Å². The number of Topliss-reactive ketones (excluding diaryl/α,β-unsaturated/α-hetero) is 1. The average Bonchev–Trinajstić information content (AvgIpc) is 2.70. The molecule has 0 aliphatic carbocycles. The Labute approximate surface area is 105 Å². The molecule has 17 heavy (non-hydrogen) atoms. The van der Waals surface area contributed by atoms with Gasteiger partial charge in [0.05, 0.1) is 0 Å². The number of ketones is 1. The molecule has 1 aromatic rings. The Morgan fingerprint density at radius 3 is 2.65 bits per heavy atom. The lowest BCUT2D eigenvalue weighted by Crippen LogP contribution is -2.13. The third kappa shape index (κ3) is 3.36. The molecule has 0 spiro atoms. The predicted molar refractivity (Wildman–Crippen MR) is 69.1 cm³/mol. The van der Waals surface area contributed by atoms with Crippen LogP contribution >= 0.6 is 11.8 Å². The molecule has 94 valence electrons. The Morgan fingerprint density at radius 2 is 2.18 bits per heavy atom. The maximum absolute atomic E-state index is 11.3. The standard InChI is InChI=1S/C12H17NO3S/c1-4-17-7-8(2)13-6-10(9(3)14)5-11(13)12(15)16/h5-6,8H,4,7H2,1-3H3,(H,15,16). The summed E-state index contributed by atoms with van der Waals surface area (Å²) in [5, 5.41) is 9.10. The van der Waals surface area contributed by atoms with Gasteiger partial charge in [0.15, 0.2) is 5.78 Å². The number of carbonyl (C=O) groups is 2. The molecule has 4 nitrogen and oxygen atoms in total. The maximum atomic E-state index is 11.3. The van der Waals surface area contributed by atoms with E-state index in [4.69, 9.17) is 5.11 Å². The summed E-state index contributed by atoms with van der Waals surface area (Å²) in [4.78, 5) is 22.4. The number of hydrogen-bond acceptors (Lipinski definition) is 3. The first-order valence-corrected chi connectivity index (χ1v) is 6.66. The van der Waals surface area contributed by atoms with Gasteiger partial charge >= 0.3 is 5.97 Å². The number of carboxylic acid groups (broad SMARTS) is 1. The van der Waals surface area contributed by atoms with Gasteiger partial charge in [-0.3, -0.25) is 4.79 Å². The van der Waals surface area contributed by atoms with E-state index in [9.17, 15) is 9.59 Å². The first-order chi connectivity index (χ1) is 7.97. The number of aromatic carboxylic acids is 1. The fraction of sp³-hybridized carbons (Fsp3) is 0.500. The van der Waals surface area contributed by atoms with Crippen LogP contribution in [0.1, 0.15) is 47.7 Å². The molecular weight excluding hydrogens is 238 g/mol. The number of hydrogen-bond donors (Lipinski definition) is 1. The summed E-state index contributed by atoms with van der Waals surface area (Å²) in [5.41, 5.74) is 0.634. The van der Waals surface area contributed by atoms with Crippen LogP contribution in [0.25, 0.3) is 0 Å². The van der Waals surface area contributed by atoms with Crippen LogP contribution in [-0.4, -0.2) is 32.9 Å². The first kappa shape index (κ1) is 13.8. The zero-order valence-electron chi connectivity index (χ0n) is 10.3. The first-order valence-electron chi connectivity index (χ1n) is 5.51. The van der Waals surface area contributed by atoms with Gasteiger partial charge in [-0.05, 0) is 25.7 Å². The highest BCUT2D eigenvalue weighted by Gasteiger charge is 2.18. The van der Waals surface area contributed by atoms with Crippen LogP contribution in [0, 0.1) is 0 Å². The highest BCUT2D eigenvalue weighted by molar-refractivity contribution is 7.99. The SMILES string of the molecule is CCSCC(C)n1cc(C(C)=O)cc1C(=O)O. The number of nitrogens with zero attached hydrogens (tertiary/aromatic N) is 1. The molecule has 0 bridgehead atoms. The fourth-order valence-electron chi connectivity index (χ4n) is 1.58. The molecule has 1 N–H and O–H groups in total. The molecule has 0 amide bonds. The Hall–Kier alpha value is -1.23. The fourth-order valence-corrected chi connectivity index (χ4v) is 2.31. The van der Waals surface area contributed by atoms with E-state index in [-0.39, 0.29) is 17.5 Å². The number of rotatable bonds is 6. The van der Waals surface area contributed by atoms with Crippen LogP contribution in [0.4, 0.5) is 0 Å². The lowest BCUT2D eigenvalue weighted by Gasteiger charge is -2.14. The van der Waals surface area contributed by atoms with Crippen molar-refractivity contribution in [2.45, 2.75) is 26.8 Å². The lowest BCUT2D eigenvalue weighted by molar-refractivity contribution is 0.0683. The lowest BCUT2D eigenvalue weighted by atomic mass is 10.2. The average molecular weight is 255 g/mol. The second-order valence-electron chi connectivity index (χ2n) is 3.89. The molecule has 0 saturated heterocycles. The number of aromatic nitrogens is 1. The highest BCUT2D eigenvalue weighted by Crippen LogP contribution is 2.19. The third-order valence-electron chi connectivity index (χ3n) is 2.51. The Morgan fingerprint density at radius 1 is 1.53 bits per heavy atom. The summed E-state index contributed by atoms with van der Waals surface area (Å²) in [6, 6.07) is 1.51. The molecule has 1 rings (SSSR count). The molecule has 0 radical (unpaired) electrons. The minimum absolute atomic E-state index is 0.0687. The van der Waals surface area contributed by atoms with Gasteiger partial charge in [0, 0.05) is 23.6 Å². The van der Waals surface area contributed by atoms with E-state index in [1.165, 1.54) is 13.0 Å². The van der Waals surface area contributed by atoms with Crippen molar-refractivity contribution >= 4 is 23.5 Å². The topological polar surface area (TPSA) is 59.3 Å². The van der Waals surface area contributed by atoms with E-state index in [0.717, 1.165) is 11.5 Å². The van der Waals surface area contributed by atoms with Gasteiger partial charge < -0.3 is 9.67 Å². The van der Waals surface area contributed by atoms with Crippen molar-refractivity contribution in [2.75, 3.05) is 11.5 Å². The van der Waals surface area contributed by atoms with Gasteiger partial charge in [-0.1, -0.05) is 6.92 Å². The number of thioether (sulfide) groups is 1. The van der Waals surface area contributed by atoms with Gasteiger partial charge in [0.1, 0.15) is 5.69 Å². The van der Waals surface area contributed by atoms with Crippen molar-refractivity contribution < 1.29 is 14.7 Å². The number of carboxylic acids is 1. The zero-order chi connectivity index (χ0) is 13.0. The predicted octanol–water partition coefficient (Wildman–Crippen LogP) is 2.70. The van der Waals surface area contributed by atoms with Crippen molar-refractivity contribution in [2.24, 2.45) is 0 Å². The number of carbonyl (C=O) groups excluding carboxylic acids is 1. The second-order valence-corrected chi connectivity index (χ2v) is 5.21. The van der Waals surface area contributed by atoms with E-state index >= 15 is 0 Å². The van der Waals surface area contributed by atoms with Crippen LogP contribution in [-0.2, 0) is 0 Å². The quantitative estimate of drug-likeness (QED) is 0.794. The Bertz CT molecular complexity index is 425. The summed E-state index contributed by atoms with van der Waals surface area (Å²) in [6.07, 6.45) is 1.63. The molecule has 0 aromatic carbocycles. The van der Waals surface area contributed by atoms with Crippen LogP contribution < -0.4 is 0 Å². The minimum atomic E-state index is -0.995. The second kappa shape index (κ2) is 5.91. The van der Waals surface area contributed by atoms with Crippen molar-refractivity contribution in [1.29, 1.82) is 0 Å². The van der Waals surface area contributed by atoms with Crippen molar-refractivity contribution in [3.05, 3.63) is 23.5 Å². The highest BCUT2D eigenvalue weighted by atomic mass is 32.2. The van der Waals surface area contributed by atoms with Gasteiger partial charge in [0.25, 0.3) is 0 Å². The van der Waals surface area contributed by atoms with E-state index in [1.807, 2.05) is 6.92 Å². The van der Waals surface area contributed by atoms with Gasteiger partial charge in [-0.15, -0.1) is 0 Å².